The minimum Gasteiger partial charge on any atom is -0.465 e. The average Bonchev–Trinajstić information content (AvgIpc) is 3.10. The number of aryl methyl sites for hydroxylation is 1. The first-order chi connectivity index (χ1) is 13.9. The van der Waals surface area contributed by atoms with E-state index in [0.717, 1.165) is 53.2 Å². The normalized spacial score (nSPS) is 17.6. The van der Waals surface area contributed by atoms with Crippen molar-refractivity contribution < 1.29 is 9.90 Å². The third kappa shape index (κ3) is 3.88. The standard InChI is InChI=1S/C21H26N6O2/c1-14-8-16(4-5-17(14)10-22-21(28)29)20-19-9-18(12-27(19)24-13-23-20)26-7-6-25(3)11-15(26)2/h4-5,8-9,12-13,15,22H,6-7,10-11H2,1-3H3,(H,28,29)/t15-/m1/s1. The number of amides is 1. The Bertz CT molecular complexity index is 1050. The molecule has 0 saturated carbocycles. The molecule has 0 spiro atoms. The highest BCUT2D eigenvalue weighted by atomic mass is 16.4. The van der Waals surface area contributed by atoms with E-state index in [1.807, 2.05) is 29.6 Å². The van der Waals surface area contributed by atoms with Crippen molar-refractivity contribution in [1.82, 2.24) is 24.8 Å². The van der Waals surface area contributed by atoms with Crippen LogP contribution in [0.1, 0.15) is 18.1 Å². The molecule has 1 amide bonds. The summed E-state index contributed by atoms with van der Waals surface area (Å²) in [5.74, 6) is 0. The van der Waals surface area contributed by atoms with Gasteiger partial charge in [-0.1, -0.05) is 12.1 Å². The molecule has 29 heavy (non-hydrogen) atoms. The van der Waals surface area contributed by atoms with Crippen molar-refractivity contribution in [2.24, 2.45) is 0 Å². The number of piperazine rings is 1. The molecule has 1 aliphatic rings. The fourth-order valence-corrected chi connectivity index (χ4v) is 4.03. The summed E-state index contributed by atoms with van der Waals surface area (Å²) in [4.78, 5) is 20.1. The lowest BCUT2D eigenvalue weighted by Crippen LogP contribution is -2.50. The molecule has 8 heteroatoms. The predicted octanol–water partition coefficient (Wildman–Crippen LogP) is 2.61. The summed E-state index contributed by atoms with van der Waals surface area (Å²) in [5, 5.41) is 15.6. The monoisotopic (exact) mass is 394 g/mol. The van der Waals surface area contributed by atoms with Crippen LogP contribution in [0.25, 0.3) is 16.8 Å². The van der Waals surface area contributed by atoms with Crippen LogP contribution in [0.5, 0.6) is 0 Å². The fraction of sp³-hybridized carbons (Fsp3) is 0.381. The number of carboxylic acid groups (broad SMARTS) is 1. The summed E-state index contributed by atoms with van der Waals surface area (Å²) in [6, 6.07) is 8.58. The Morgan fingerprint density at radius 1 is 1.31 bits per heavy atom. The fourth-order valence-electron chi connectivity index (χ4n) is 4.03. The highest BCUT2D eigenvalue weighted by molar-refractivity contribution is 5.80. The van der Waals surface area contributed by atoms with Crippen molar-refractivity contribution in [2.45, 2.75) is 26.4 Å². The van der Waals surface area contributed by atoms with Crippen molar-refractivity contribution in [1.29, 1.82) is 0 Å². The topological polar surface area (TPSA) is 86.0 Å². The maximum Gasteiger partial charge on any atom is 0.404 e. The molecule has 0 bridgehead atoms. The Hall–Kier alpha value is -3.13. The molecule has 2 N–H and O–H groups in total. The quantitative estimate of drug-likeness (QED) is 0.708. The Morgan fingerprint density at radius 3 is 2.86 bits per heavy atom. The highest BCUT2D eigenvalue weighted by Crippen LogP contribution is 2.29. The first kappa shape index (κ1) is 19.2. The van der Waals surface area contributed by atoms with Crippen LogP contribution in [0.2, 0.25) is 0 Å². The van der Waals surface area contributed by atoms with Crippen LogP contribution in [0.15, 0.2) is 36.8 Å². The molecule has 1 aliphatic heterocycles. The lowest BCUT2D eigenvalue weighted by molar-refractivity contribution is 0.194. The van der Waals surface area contributed by atoms with E-state index in [1.54, 1.807) is 6.33 Å². The van der Waals surface area contributed by atoms with Crippen molar-refractivity contribution in [3.63, 3.8) is 0 Å². The molecule has 0 radical (unpaired) electrons. The number of likely N-dealkylation sites (N-methyl/N-ethyl adjacent to an activating group) is 1. The van der Waals surface area contributed by atoms with E-state index in [-0.39, 0.29) is 6.54 Å². The van der Waals surface area contributed by atoms with Gasteiger partial charge < -0.3 is 20.2 Å². The molecular weight excluding hydrogens is 368 g/mol. The first-order valence-electron chi connectivity index (χ1n) is 9.77. The Morgan fingerprint density at radius 2 is 2.14 bits per heavy atom. The third-order valence-electron chi connectivity index (χ3n) is 5.60. The van der Waals surface area contributed by atoms with Crippen molar-refractivity contribution in [3.8, 4) is 11.3 Å². The molecule has 8 nitrogen and oxygen atoms in total. The van der Waals surface area contributed by atoms with E-state index in [2.05, 4.69) is 51.4 Å². The average molecular weight is 394 g/mol. The molecule has 1 atom stereocenters. The molecule has 1 fully saturated rings. The summed E-state index contributed by atoms with van der Waals surface area (Å²) < 4.78 is 1.89. The molecule has 1 saturated heterocycles. The van der Waals surface area contributed by atoms with Gasteiger partial charge in [0, 0.05) is 37.8 Å². The number of rotatable bonds is 4. The van der Waals surface area contributed by atoms with Crippen LogP contribution in [0.4, 0.5) is 10.5 Å². The van der Waals surface area contributed by atoms with Crippen LogP contribution in [-0.2, 0) is 6.54 Å². The second-order valence-electron chi connectivity index (χ2n) is 7.74. The molecule has 0 unspecified atom stereocenters. The lowest BCUT2D eigenvalue weighted by Gasteiger charge is -2.39. The molecule has 152 valence electrons. The number of hydrogen-bond donors (Lipinski definition) is 2. The number of carbonyl (C=O) groups is 1. The maximum atomic E-state index is 10.8. The van der Waals surface area contributed by atoms with E-state index in [1.165, 1.54) is 0 Å². The summed E-state index contributed by atoms with van der Waals surface area (Å²) in [5.41, 5.74) is 5.95. The highest BCUT2D eigenvalue weighted by Gasteiger charge is 2.23. The van der Waals surface area contributed by atoms with Crippen LogP contribution in [0, 0.1) is 6.92 Å². The predicted molar refractivity (Wildman–Crippen MR) is 112 cm³/mol. The molecule has 3 heterocycles. The van der Waals surface area contributed by atoms with Gasteiger partial charge in [-0.3, -0.25) is 0 Å². The van der Waals surface area contributed by atoms with Gasteiger partial charge in [0.1, 0.15) is 6.33 Å². The van der Waals surface area contributed by atoms with Gasteiger partial charge in [0.15, 0.2) is 0 Å². The molecular formula is C21H26N6O2. The molecule has 3 aromatic rings. The minimum absolute atomic E-state index is 0.289. The van der Waals surface area contributed by atoms with Gasteiger partial charge in [0.05, 0.1) is 23.1 Å². The minimum atomic E-state index is -1.02. The number of fused-ring (bicyclic) bond motifs is 1. The second kappa shape index (κ2) is 7.71. The van der Waals surface area contributed by atoms with Gasteiger partial charge in [-0.25, -0.2) is 14.3 Å². The summed E-state index contributed by atoms with van der Waals surface area (Å²) in [6.07, 6.45) is 2.62. The van der Waals surface area contributed by atoms with Crippen LogP contribution in [0.3, 0.4) is 0 Å². The number of nitrogens with one attached hydrogen (secondary N) is 1. The van der Waals surface area contributed by atoms with Crippen molar-refractivity contribution in [3.05, 3.63) is 47.9 Å². The largest absolute Gasteiger partial charge is 0.465 e. The van der Waals surface area contributed by atoms with Gasteiger partial charge in [-0.15, -0.1) is 0 Å². The van der Waals surface area contributed by atoms with Gasteiger partial charge in [-0.2, -0.15) is 5.10 Å². The third-order valence-corrected chi connectivity index (χ3v) is 5.60. The van der Waals surface area contributed by atoms with E-state index in [9.17, 15) is 4.79 Å². The van der Waals surface area contributed by atoms with Crippen molar-refractivity contribution >= 4 is 17.3 Å². The van der Waals surface area contributed by atoms with E-state index >= 15 is 0 Å². The maximum absolute atomic E-state index is 10.8. The first-order valence-corrected chi connectivity index (χ1v) is 9.77. The van der Waals surface area contributed by atoms with Crippen LogP contribution in [-0.4, -0.2) is 63.4 Å². The Labute approximate surface area is 169 Å². The lowest BCUT2D eigenvalue weighted by atomic mass is 10.0. The zero-order valence-corrected chi connectivity index (χ0v) is 17.0. The van der Waals surface area contributed by atoms with Gasteiger partial charge in [-0.05, 0) is 44.2 Å². The van der Waals surface area contributed by atoms with Gasteiger partial charge >= 0.3 is 6.09 Å². The van der Waals surface area contributed by atoms with E-state index in [4.69, 9.17) is 5.11 Å². The zero-order valence-electron chi connectivity index (χ0n) is 17.0. The Balaban J connectivity index is 1.67. The number of aromatic nitrogens is 3. The Kier molecular flexibility index (Phi) is 5.10. The molecule has 4 rings (SSSR count). The van der Waals surface area contributed by atoms with Crippen molar-refractivity contribution in [2.75, 3.05) is 31.6 Å². The van der Waals surface area contributed by atoms with Crippen LogP contribution >= 0.6 is 0 Å². The molecule has 1 aromatic carbocycles. The number of anilines is 1. The van der Waals surface area contributed by atoms with Crippen LogP contribution < -0.4 is 10.2 Å². The smallest absolute Gasteiger partial charge is 0.404 e. The number of benzene rings is 1. The molecule has 2 aromatic heterocycles. The van der Waals surface area contributed by atoms with E-state index < -0.39 is 6.09 Å². The number of nitrogens with zero attached hydrogens (tertiary/aromatic N) is 5. The molecule has 0 aliphatic carbocycles. The number of hydrogen-bond acceptors (Lipinski definition) is 5. The SMILES string of the molecule is Cc1cc(-c2ncnn3cc(N4CCN(C)C[C@H]4C)cc23)ccc1CNC(=O)O. The summed E-state index contributed by atoms with van der Waals surface area (Å²) >= 11 is 0. The van der Waals surface area contributed by atoms with E-state index in [0.29, 0.717) is 6.04 Å². The summed E-state index contributed by atoms with van der Waals surface area (Å²) in [7, 11) is 2.16. The van der Waals surface area contributed by atoms with Gasteiger partial charge in [0.2, 0.25) is 0 Å². The van der Waals surface area contributed by atoms with Gasteiger partial charge in [0.25, 0.3) is 0 Å². The second-order valence-corrected chi connectivity index (χ2v) is 7.74. The summed E-state index contributed by atoms with van der Waals surface area (Å²) in [6.45, 7) is 7.59. The zero-order chi connectivity index (χ0) is 20.5.